The van der Waals surface area contributed by atoms with Crippen LogP contribution in [0.3, 0.4) is 0 Å². The van der Waals surface area contributed by atoms with Crippen LogP contribution in [0.2, 0.25) is 0 Å². The van der Waals surface area contributed by atoms with Crippen LogP contribution in [0.4, 0.5) is 0 Å². The number of fused-ring (bicyclic) bond motifs is 1. The van der Waals surface area contributed by atoms with Crippen LogP contribution >= 0.6 is 11.3 Å². The van der Waals surface area contributed by atoms with Gasteiger partial charge in [-0.05, 0) is 66.3 Å². The van der Waals surface area contributed by atoms with Crippen molar-refractivity contribution in [3.63, 3.8) is 0 Å². The van der Waals surface area contributed by atoms with Crippen molar-refractivity contribution in [2.45, 2.75) is 13.3 Å². The Morgan fingerprint density at radius 2 is 1.64 bits per heavy atom. The summed E-state index contributed by atoms with van der Waals surface area (Å²) in [7, 11) is 0. The zero-order chi connectivity index (χ0) is 19.5. The van der Waals surface area contributed by atoms with Crippen LogP contribution in [0.15, 0.2) is 59.4 Å². The topological polar surface area (TPSA) is 89.5 Å². The van der Waals surface area contributed by atoms with Crippen LogP contribution < -0.4 is 15.0 Å². The average molecular weight is 390 g/mol. The van der Waals surface area contributed by atoms with Gasteiger partial charge in [0.25, 0.3) is 10.8 Å². The predicted molar refractivity (Wildman–Crippen MR) is 104 cm³/mol. The standard InChI is InChI=1S/C20H14N4O3S/c1-2-14-11-18(25)24-19(22-14)28-20(23-24)27-17-9-7-16(8-10-17)26-15-5-3-13(12-21)4-6-15/h3-11H,2H2,1H3. The third-order valence-electron chi connectivity index (χ3n) is 3.89. The molecule has 0 saturated heterocycles. The third-order valence-corrected chi connectivity index (χ3v) is 4.68. The number of ether oxygens (including phenoxy) is 2. The lowest BCUT2D eigenvalue weighted by atomic mass is 10.2. The molecule has 0 aliphatic rings. The molecule has 0 aliphatic heterocycles. The van der Waals surface area contributed by atoms with E-state index in [1.54, 1.807) is 48.5 Å². The van der Waals surface area contributed by atoms with Gasteiger partial charge < -0.3 is 9.47 Å². The van der Waals surface area contributed by atoms with Crippen molar-refractivity contribution >= 4 is 16.3 Å². The van der Waals surface area contributed by atoms with E-state index in [1.165, 1.54) is 21.9 Å². The molecule has 2 aromatic carbocycles. The van der Waals surface area contributed by atoms with Crippen molar-refractivity contribution in [2.24, 2.45) is 0 Å². The summed E-state index contributed by atoms with van der Waals surface area (Å²) in [4.78, 5) is 16.9. The molecule has 0 fully saturated rings. The van der Waals surface area contributed by atoms with Crippen molar-refractivity contribution in [3.8, 4) is 28.5 Å². The van der Waals surface area contributed by atoms with E-state index in [2.05, 4.69) is 16.2 Å². The fraction of sp³-hybridized carbons (Fsp3) is 0.100. The summed E-state index contributed by atoms with van der Waals surface area (Å²) in [5.41, 5.74) is 1.08. The minimum Gasteiger partial charge on any atom is -0.457 e. The maximum Gasteiger partial charge on any atom is 0.299 e. The molecule has 7 nitrogen and oxygen atoms in total. The number of hydrogen-bond acceptors (Lipinski definition) is 7. The van der Waals surface area contributed by atoms with Gasteiger partial charge in [0.05, 0.1) is 11.6 Å². The summed E-state index contributed by atoms with van der Waals surface area (Å²) in [6.07, 6.45) is 0.681. The van der Waals surface area contributed by atoms with Gasteiger partial charge in [-0.3, -0.25) is 4.79 Å². The van der Waals surface area contributed by atoms with Crippen LogP contribution in [0, 0.1) is 11.3 Å². The van der Waals surface area contributed by atoms with Crippen molar-refractivity contribution in [1.82, 2.24) is 14.6 Å². The van der Waals surface area contributed by atoms with Gasteiger partial charge in [0, 0.05) is 11.8 Å². The summed E-state index contributed by atoms with van der Waals surface area (Å²) in [5, 5.41) is 13.3. The normalized spacial score (nSPS) is 10.6. The van der Waals surface area contributed by atoms with Gasteiger partial charge in [-0.15, -0.1) is 5.10 Å². The average Bonchev–Trinajstić information content (AvgIpc) is 3.13. The van der Waals surface area contributed by atoms with E-state index in [4.69, 9.17) is 14.7 Å². The van der Waals surface area contributed by atoms with E-state index in [9.17, 15) is 4.79 Å². The molecule has 28 heavy (non-hydrogen) atoms. The van der Waals surface area contributed by atoms with E-state index in [0.717, 1.165) is 5.69 Å². The Morgan fingerprint density at radius 3 is 2.25 bits per heavy atom. The molecule has 0 N–H and O–H groups in total. The van der Waals surface area contributed by atoms with E-state index in [-0.39, 0.29) is 5.56 Å². The molecule has 0 amide bonds. The van der Waals surface area contributed by atoms with Gasteiger partial charge in [0.2, 0.25) is 4.96 Å². The lowest BCUT2D eigenvalue weighted by Gasteiger charge is -2.06. The SMILES string of the molecule is CCc1cc(=O)n2nc(Oc3ccc(Oc4ccc(C#N)cc4)cc3)sc2n1. The first kappa shape index (κ1) is 17.7. The predicted octanol–water partition coefficient (Wildman–Crippen LogP) is 4.17. The van der Waals surface area contributed by atoms with Gasteiger partial charge in [0.15, 0.2) is 0 Å². The Kier molecular flexibility index (Phi) is 4.74. The van der Waals surface area contributed by atoms with Crippen LogP contribution in [0.25, 0.3) is 4.96 Å². The highest BCUT2D eigenvalue weighted by molar-refractivity contribution is 7.18. The molecule has 138 valence electrons. The molecule has 0 atom stereocenters. The van der Waals surface area contributed by atoms with E-state index < -0.39 is 0 Å². The summed E-state index contributed by atoms with van der Waals surface area (Å²) in [6, 6.07) is 17.4. The van der Waals surface area contributed by atoms with E-state index in [0.29, 0.717) is 39.4 Å². The number of rotatable bonds is 5. The van der Waals surface area contributed by atoms with E-state index >= 15 is 0 Å². The second kappa shape index (κ2) is 7.50. The van der Waals surface area contributed by atoms with Crippen molar-refractivity contribution in [3.05, 3.63) is 76.2 Å². The number of hydrogen-bond donors (Lipinski definition) is 0. The molecule has 4 rings (SSSR count). The number of aryl methyl sites for hydroxylation is 1. The lowest BCUT2D eigenvalue weighted by molar-refractivity contribution is 0.461. The molecule has 4 aromatic rings. The highest BCUT2D eigenvalue weighted by Gasteiger charge is 2.10. The Morgan fingerprint density at radius 1 is 1.04 bits per heavy atom. The minimum atomic E-state index is -0.223. The monoisotopic (exact) mass is 390 g/mol. The smallest absolute Gasteiger partial charge is 0.299 e. The first-order valence-electron chi connectivity index (χ1n) is 8.50. The summed E-state index contributed by atoms with van der Waals surface area (Å²) >= 11 is 1.21. The summed E-state index contributed by atoms with van der Waals surface area (Å²) in [6.45, 7) is 1.94. The fourth-order valence-corrected chi connectivity index (χ4v) is 3.27. The molecule has 0 spiro atoms. The molecule has 2 heterocycles. The molecular formula is C20H14N4O3S. The molecule has 8 heteroatoms. The van der Waals surface area contributed by atoms with Crippen LogP contribution in [-0.4, -0.2) is 14.6 Å². The maximum absolute atomic E-state index is 12.1. The van der Waals surface area contributed by atoms with Gasteiger partial charge >= 0.3 is 0 Å². The second-order valence-corrected chi connectivity index (χ2v) is 6.73. The Balaban J connectivity index is 1.49. The van der Waals surface area contributed by atoms with Crippen molar-refractivity contribution < 1.29 is 9.47 Å². The molecule has 0 aliphatic carbocycles. The summed E-state index contributed by atoms with van der Waals surface area (Å²) < 4.78 is 12.7. The van der Waals surface area contributed by atoms with Crippen LogP contribution in [0.5, 0.6) is 22.4 Å². The second-order valence-electron chi connectivity index (χ2n) is 5.81. The van der Waals surface area contributed by atoms with E-state index in [1.807, 2.05) is 6.92 Å². The molecular weight excluding hydrogens is 376 g/mol. The van der Waals surface area contributed by atoms with Crippen LogP contribution in [-0.2, 0) is 6.42 Å². The number of nitriles is 1. The minimum absolute atomic E-state index is 0.223. The molecule has 0 bridgehead atoms. The molecule has 0 radical (unpaired) electrons. The highest BCUT2D eigenvalue weighted by Crippen LogP contribution is 2.29. The first-order chi connectivity index (χ1) is 13.6. The molecule has 2 aromatic heterocycles. The first-order valence-corrected chi connectivity index (χ1v) is 9.32. The Labute approximate surface area is 164 Å². The molecule has 0 unspecified atom stereocenters. The zero-order valence-electron chi connectivity index (χ0n) is 14.8. The Bertz CT molecular complexity index is 1220. The van der Waals surface area contributed by atoms with Crippen molar-refractivity contribution in [1.29, 1.82) is 5.26 Å². The molecule has 0 saturated carbocycles. The van der Waals surface area contributed by atoms with Crippen LogP contribution in [0.1, 0.15) is 18.2 Å². The van der Waals surface area contributed by atoms with Crippen molar-refractivity contribution in [2.75, 3.05) is 0 Å². The largest absolute Gasteiger partial charge is 0.457 e. The van der Waals surface area contributed by atoms with Gasteiger partial charge in [0.1, 0.15) is 17.2 Å². The number of aromatic nitrogens is 3. The Hall–Kier alpha value is -3.70. The quantitative estimate of drug-likeness (QED) is 0.508. The maximum atomic E-state index is 12.1. The number of benzene rings is 2. The highest BCUT2D eigenvalue weighted by atomic mass is 32.1. The lowest BCUT2D eigenvalue weighted by Crippen LogP contribution is -2.14. The van der Waals surface area contributed by atoms with Gasteiger partial charge in [-0.1, -0.05) is 6.92 Å². The van der Waals surface area contributed by atoms with Gasteiger partial charge in [-0.2, -0.15) is 9.78 Å². The summed E-state index contributed by atoms with van der Waals surface area (Å²) in [5.74, 6) is 1.83. The number of nitrogens with zero attached hydrogens (tertiary/aromatic N) is 4. The fourth-order valence-electron chi connectivity index (χ4n) is 2.47. The zero-order valence-corrected chi connectivity index (χ0v) is 15.6. The van der Waals surface area contributed by atoms with Gasteiger partial charge in [-0.25, -0.2) is 4.98 Å². The third kappa shape index (κ3) is 3.70.